The number of guanidine groups is 1. The minimum Gasteiger partial charge on any atom is -0.325 e. The number of aromatic nitrogens is 1. The molecule has 2 rings (SSSR count). The summed E-state index contributed by atoms with van der Waals surface area (Å²) in [6, 6.07) is 3.58. The van der Waals surface area contributed by atoms with Crippen LogP contribution in [0.5, 0.6) is 0 Å². The first-order chi connectivity index (χ1) is 13.6. The Morgan fingerprint density at radius 1 is 1.11 bits per heavy atom. The molecular formula is C19H30N6O2S. The van der Waals surface area contributed by atoms with Gasteiger partial charge in [0, 0.05) is 37.7 Å². The standard InChI is InChI=1S/C19H30N6O2S/c20-17-23-19(24-18-9-12-21-13-10-18)22-11-5-1-4-8-16-28(26,27)25-14-6-2-3-7-15-25/h9-10,12-13H,1-8,11,14-16H2,(H2,21,22,23,24). The molecule has 2 heterocycles. The van der Waals surface area contributed by atoms with Gasteiger partial charge in [-0.3, -0.25) is 15.3 Å². The third-order valence-corrected chi connectivity index (χ3v) is 6.61. The predicted octanol–water partition coefficient (Wildman–Crippen LogP) is 2.69. The Morgan fingerprint density at radius 2 is 1.79 bits per heavy atom. The van der Waals surface area contributed by atoms with Gasteiger partial charge in [0.1, 0.15) is 0 Å². The number of unbranched alkanes of at least 4 members (excludes halogenated alkanes) is 3. The summed E-state index contributed by atoms with van der Waals surface area (Å²) >= 11 is 0. The Balaban J connectivity index is 1.65. The molecule has 1 aliphatic rings. The number of nitriles is 1. The van der Waals surface area contributed by atoms with Crippen LogP contribution in [0.4, 0.5) is 5.69 Å². The fraction of sp³-hybridized carbons (Fsp3) is 0.632. The van der Waals surface area contributed by atoms with Gasteiger partial charge in [0.15, 0.2) is 6.19 Å². The predicted molar refractivity (Wildman–Crippen MR) is 111 cm³/mol. The molecule has 1 aromatic rings. The number of rotatable bonds is 9. The van der Waals surface area contributed by atoms with Gasteiger partial charge in [0.25, 0.3) is 0 Å². The number of sulfonamides is 1. The number of nitrogens with zero attached hydrogens (tertiary/aromatic N) is 4. The van der Waals surface area contributed by atoms with Crippen molar-refractivity contribution in [1.29, 1.82) is 5.26 Å². The molecule has 0 saturated carbocycles. The van der Waals surface area contributed by atoms with E-state index in [9.17, 15) is 8.42 Å². The molecule has 0 unspecified atom stereocenters. The Labute approximate surface area is 168 Å². The monoisotopic (exact) mass is 406 g/mol. The van der Waals surface area contributed by atoms with Crippen LogP contribution in [0.1, 0.15) is 51.4 Å². The molecule has 1 aromatic heterocycles. The highest BCUT2D eigenvalue weighted by Gasteiger charge is 2.22. The highest BCUT2D eigenvalue weighted by Crippen LogP contribution is 2.15. The molecule has 1 fully saturated rings. The molecular weight excluding hydrogens is 376 g/mol. The van der Waals surface area contributed by atoms with Crippen LogP contribution in [0.2, 0.25) is 0 Å². The van der Waals surface area contributed by atoms with Gasteiger partial charge >= 0.3 is 0 Å². The second kappa shape index (κ2) is 12.3. The van der Waals surface area contributed by atoms with Crippen molar-refractivity contribution >= 4 is 21.7 Å². The Hall–Kier alpha value is -2.18. The van der Waals surface area contributed by atoms with E-state index in [1.54, 1.807) is 28.8 Å². The van der Waals surface area contributed by atoms with Crippen LogP contribution < -0.4 is 10.6 Å². The number of aliphatic imine (C=N–C) groups is 1. The van der Waals surface area contributed by atoms with Gasteiger partial charge < -0.3 is 5.32 Å². The van der Waals surface area contributed by atoms with Crippen molar-refractivity contribution in [3.8, 4) is 6.19 Å². The van der Waals surface area contributed by atoms with Crippen LogP contribution >= 0.6 is 0 Å². The smallest absolute Gasteiger partial charge is 0.214 e. The summed E-state index contributed by atoms with van der Waals surface area (Å²) in [5, 5.41) is 14.4. The average Bonchev–Trinajstić information content (AvgIpc) is 2.98. The molecule has 0 spiro atoms. The highest BCUT2D eigenvalue weighted by atomic mass is 32.2. The van der Waals surface area contributed by atoms with Crippen molar-refractivity contribution in [3.63, 3.8) is 0 Å². The minimum absolute atomic E-state index is 0.237. The normalized spacial score (nSPS) is 16.2. The number of nitrogens with one attached hydrogen (secondary N) is 2. The highest BCUT2D eigenvalue weighted by molar-refractivity contribution is 7.89. The van der Waals surface area contributed by atoms with E-state index in [0.29, 0.717) is 32.0 Å². The number of pyridine rings is 1. The molecule has 28 heavy (non-hydrogen) atoms. The number of hydrogen-bond donors (Lipinski definition) is 2. The molecule has 9 heteroatoms. The number of hydrogen-bond acceptors (Lipinski definition) is 5. The lowest BCUT2D eigenvalue weighted by Gasteiger charge is -2.19. The van der Waals surface area contributed by atoms with Gasteiger partial charge in [-0.2, -0.15) is 5.26 Å². The van der Waals surface area contributed by atoms with Crippen molar-refractivity contribution in [2.75, 3.05) is 30.7 Å². The first-order valence-corrected chi connectivity index (χ1v) is 11.6. The van der Waals surface area contributed by atoms with Gasteiger partial charge in [-0.15, -0.1) is 0 Å². The Kier molecular flexibility index (Phi) is 9.72. The largest absolute Gasteiger partial charge is 0.325 e. The van der Waals surface area contributed by atoms with Gasteiger partial charge in [0.05, 0.1) is 5.75 Å². The lowest BCUT2D eigenvalue weighted by Crippen LogP contribution is -2.33. The van der Waals surface area contributed by atoms with E-state index in [0.717, 1.165) is 50.6 Å². The van der Waals surface area contributed by atoms with E-state index < -0.39 is 10.0 Å². The van der Waals surface area contributed by atoms with E-state index in [1.165, 1.54) is 0 Å². The minimum atomic E-state index is -3.11. The molecule has 0 aliphatic carbocycles. The van der Waals surface area contributed by atoms with Crippen molar-refractivity contribution < 1.29 is 8.42 Å². The van der Waals surface area contributed by atoms with Crippen LogP contribution in [0.3, 0.4) is 0 Å². The first kappa shape index (κ1) is 22.1. The third-order valence-electron chi connectivity index (χ3n) is 4.66. The van der Waals surface area contributed by atoms with Crippen molar-refractivity contribution in [1.82, 2.24) is 14.6 Å². The molecule has 8 nitrogen and oxygen atoms in total. The Bertz CT molecular complexity index is 737. The third kappa shape index (κ3) is 8.23. The number of anilines is 1. The van der Waals surface area contributed by atoms with Crippen LogP contribution in [0, 0.1) is 11.5 Å². The molecule has 154 valence electrons. The van der Waals surface area contributed by atoms with Gasteiger partial charge in [-0.25, -0.2) is 12.7 Å². The lowest BCUT2D eigenvalue weighted by atomic mass is 10.2. The van der Waals surface area contributed by atoms with E-state index in [4.69, 9.17) is 5.26 Å². The van der Waals surface area contributed by atoms with Gasteiger partial charge in [0.2, 0.25) is 16.0 Å². The average molecular weight is 407 g/mol. The summed E-state index contributed by atoms with van der Waals surface area (Å²) in [7, 11) is -3.11. The molecule has 0 aromatic carbocycles. The van der Waals surface area contributed by atoms with Crippen molar-refractivity contribution in [3.05, 3.63) is 24.5 Å². The van der Waals surface area contributed by atoms with Crippen molar-refractivity contribution in [2.24, 2.45) is 4.99 Å². The summed E-state index contributed by atoms with van der Waals surface area (Å²) in [4.78, 5) is 8.31. The fourth-order valence-corrected chi connectivity index (χ4v) is 4.77. The molecule has 0 bridgehead atoms. The van der Waals surface area contributed by atoms with E-state index in [1.807, 2.05) is 6.19 Å². The fourth-order valence-electron chi connectivity index (χ4n) is 3.12. The van der Waals surface area contributed by atoms with Crippen LogP contribution in [-0.2, 0) is 10.0 Å². The molecule has 0 radical (unpaired) electrons. The Morgan fingerprint density at radius 3 is 2.46 bits per heavy atom. The summed E-state index contributed by atoms with van der Waals surface area (Å²) < 4.78 is 26.5. The zero-order chi connectivity index (χ0) is 20.1. The van der Waals surface area contributed by atoms with Crippen LogP contribution in [0.15, 0.2) is 29.5 Å². The summed E-state index contributed by atoms with van der Waals surface area (Å²) in [5.74, 6) is 0.638. The topological polar surface area (TPSA) is 110 Å². The first-order valence-electron chi connectivity index (χ1n) is 9.96. The van der Waals surface area contributed by atoms with E-state index >= 15 is 0 Å². The summed E-state index contributed by atoms with van der Waals surface area (Å²) in [6.45, 7) is 1.92. The van der Waals surface area contributed by atoms with Gasteiger partial charge in [-0.05, 0) is 37.8 Å². The maximum atomic E-state index is 12.4. The van der Waals surface area contributed by atoms with Crippen LogP contribution in [0.25, 0.3) is 0 Å². The molecule has 1 saturated heterocycles. The molecule has 1 aliphatic heterocycles. The van der Waals surface area contributed by atoms with Crippen molar-refractivity contribution in [2.45, 2.75) is 51.4 Å². The van der Waals surface area contributed by atoms with Crippen LogP contribution in [-0.4, -0.2) is 49.1 Å². The summed E-state index contributed by atoms with van der Waals surface area (Å²) in [6.07, 6.45) is 12.7. The maximum Gasteiger partial charge on any atom is 0.214 e. The van der Waals surface area contributed by atoms with E-state index in [-0.39, 0.29) is 5.75 Å². The zero-order valence-electron chi connectivity index (χ0n) is 16.3. The maximum absolute atomic E-state index is 12.4. The van der Waals surface area contributed by atoms with E-state index in [2.05, 4.69) is 20.6 Å². The SMILES string of the molecule is N#CNC(=NCCCCCCS(=O)(=O)N1CCCCCC1)Nc1ccncc1. The summed E-state index contributed by atoms with van der Waals surface area (Å²) in [5.41, 5.74) is 0.801. The van der Waals surface area contributed by atoms with Gasteiger partial charge in [-0.1, -0.05) is 25.7 Å². The second-order valence-corrected chi connectivity index (χ2v) is 8.96. The molecule has 2 N–H and O–H groups in total. The zero-order valence-corrected chi connectivity index (χ0v) is 17.1. The quantitative estimate of drug-likeness (QED) is 0.214. The molecule has 0 amide bonds. The second-order valence-electron chi connectivity index (χ2n) is 6.87. The molecule has 0 atom stereocenters. The lowest BCUT2D eigenvalue weighted by molar-refractivity contribution is 0.422.